The van der Waals surface area contributed by atoms with E-state index in [0.717, 1.165) is 13.0 Å². The number of allylic oxidation sites excluding steroid dienone is 3. The molecule has 15 heavy (non-hydrogen) atoms. The van der Waals surface area contributed by atoms with Crippen molar-refractivity contribution in [2.75, 3.05) is 6.61 Å². The summed E-state index contributed by atoms with van der Waals surface area (Å²) in [5, 5.41) is 0.306. The first kappa shape index (κ1) is 14.7. The molecule has 88 valence electrons. The maximum atomic E-state index is 5.99. The van der Waals surface area contributed by atoms with E-state index in [1.807, 2.05) is 0 Å². The van der Waals surface area contributed by atoms with Crippen LogP contribution in [0.2, 0.25) is 18.1 Å². The largest absolute Gasteiger partial charge is 0.413 e. The molecule has 0 aromatic heterocycles. The average molecular weight is 226 g/mol. The molecule has 0 aliphatic heterocycles. The van der Waals surface area contributed by atoms with Crippen LogP contribution in [-0.2, 0) is 4.43 Å². The highest BCUT2D eigenvalue weighted by Gasteiger charge is 2.36. The van der Waals surface area contributed by atoms with Gasteiger partial charge in [-0.2, -0.15) is 0 Å². The van der Waals surface area contributed by atoms with Gasteiger partial charge in [0.05, 0.1) is 6.61 Å². The standard InChI is InChI=1S/C13H26OSi/c1-7-8-9-10-11-12-14-15(5,6)13(2,3)4/h8-11H,7,12H2,1-6H3/b9-8+,11-10-. The minimum absolute atomic E-state index is 0.306. The molecule has 0 aromatic rings. The summed E-state index contributed by atoms with van der Waals surface area (Å²) >= 11 is 0. The quantitative estimate of drug-likeness (QED) is 0.494. The SMILES string of the molecule is CC/C=C/C=C\CO[Si](C)(C)C(C)(C)C. The first-order valence-electron chi connectivity index (χ1n) is 5.77. The fraction of sp³-hybridized carbons (Fsp3) is 0.692. The van der Waals surface area contributed by atoms with E-state index in [1.54, 1.807) is 0 Å². The van der Waals surface area contributed by atoms with E-state index in [-0.39, 0.29) is 0 Å². The van der Waals surface area contributed by atoms with Gasteiger partial charge in [-0.1, -0.05) is 52.0 Å². The van der Waals surface area contributed by atoms with E-state index in [1.165, 1.54) is 0 Å². The van der Waals surface area contributed by atoms with Gasteiger partial charge in [0.2, 0.25) is 0 Å². The lowest BCUT2D eigenvalue weighted by atomic mass is 10.2. The van der Waals surface area contributed by atoms with Crippen LogP contribution >= 0.6 is 0 Å². The lowest BCUT2D eigenvalue weighted by Crippen LogP contribution is -2.40. The summed E-state index contributed by atoms with van der Waals surface area (Å²) < 4.78 is 5.99. The van der Waals surface area contributed by atoms with Gasteiger partial charge in [-0.15, -0.1) is 0 Å². The molecule has 0 aliphatic carbocycles. The lowest BCUT2D eigenvalue weighted by Gasteiger charge is -2.35. The molecule has 0 radical (unpaired) electrons. The van der Waals surface area contributed by atoms with Crippen molar-refractivity contribution in [3.05, 3.63) is 24.3 Å². The van der Waals surface area contributed by atoms with Gasteiger partial charge in [0.25, 0.3) is 0 Å². The highest BCUT2D eigenvalue weighted by molar-refractivity contribution is 6.74. The molecule has 0 atom stereocenters. The molecule has 0 aliphatic rings. The topological polar surface area (TPSA) is 9.23 Å². The molecule has 0 amide bonds. The number of hydrogen-bond acceptors (Lipinski definition) is 1. The van der Waals surface area contributed by atoms with Crippen LogP contribution in [0, 0.1) is 0 Å². The molecule has 0 N–H and O–H groups in total. The zero-order valence-corrected chi connectivity index (χ0v) is 12.1. The first-order chi connectivity index (χ1) is 6.81. The van der Waals surface area contributed by atoms with Crippen LogP contribution in [0.15, 0.2) is 24.3 Å². The monoisotopic (exact) mass is 226 g/mol. The molecule has 0 spiro atoms. The average Bonchev–Trinajstić information content (AvgIpc) is 2.09. The molecular formula is C13H26OSi. The Morgan fingerprint density at radius 1 is 1.07 bits per heavy atom. The Kier molecular flexibility index (Phi) is 6.14. The van der Waals surface area contributed by atoms with Crippen LogP contribution in [0.5, 0.6) is 0 Å². The van der Waals surface area contributed by atoms with Crippen LogP contribution in [-0.4, -0.2) is 14.9 Å². The third-order valence-corrected chi connectivity index (χ3v) is 7.47. The van der Waals surface area contributed by atoms with E-state index in [9.17, 15) is 0 Å². The normalized spacial score (nSPS) is 14.3. The molecule has 0 aromatic carbocycles. The van der Waals surface area contributed by atoms with Crippen molar-refractivity contribution in [3.8, 4) is 0 Å². The molecule has 0 fully saturated rings. The molecule has 1 nitrogen and oxygen atoms in total. The minimum Gasteiger partial charge on any atom is -0.413 e. The lowest BCUT2D eigenvalue weighted by molar-refractivity contribution is 0.328. The molecule has 0 bridgehead atoms. The van der Waals surface area contributed by atoms with Crippen LogP contribution < -0.4 is 0 Å². The van der Waals surface area contributed by atoms with Crippen molar-refractivity contribution in [1.82, 2.24) is 0 Å². The van der Waals surface area contributed by atoms with Crippen molar-refractivity contribution in [1.29, 1.82) is 0 Å². The van der Waals surface area contributed by atoms with Gasteiger partial charge in [-0.25, -0.2) is 0 Å². The highest BCUT2D eigenvalue weighted by atomic mass is 28.4. The molecule has 2 heteroatoms. The summed E-state index contributed by atoms with van der Waals surface area (Å²) in [5.41, 5.74) is 0. The number of hydrogen-bond donors (Lipinski definition) is 0. The van der Waals surface area contributed by atoms with Gasteiger partial charge in [0.15, 0.2) is 8.32 Å². The molecule has 0 saturated heterocycles. The smallest absolute Gasteiger partial charge is 0.192 e. The van der Waals surface area contributed by atoms with Crippen molar-refractivity contribution in [3.63, 3.8) is 0 Å². The van der Waals surface area contributed by atoms with Crippen LogP contribution in [0.25, 0.3) is 0 Å². The first-order valence-corrected chi connectivity index (χ1v) is 8.67. The fourth-order valence-corrected chi connectivity index (χ4v) is 1.77. The third kappa shape index (κ3) is 5.95. The summed E-state index contributed by atoms with van der Waals surface area (Å²) in [6.45, 7) is 14.2. The van der Waals surface area contributed by atoms with Gasteiger partial charge in [-0.3, -0.25) is 0 Å². The van der Waals surface area contributed by atoms with Crippen molar-refractivity contribution < 1.29 is 4.43 Å². The Balaban J connectivity index is 3.96. The van der Waals surface area contributed by atoms with Crippen LogP contribution in [0.1, 0.15) is 34.1 Å². The van der Waals surface area contributed by atoms with Crippen molar-refractivity contribution in [2.45, 2.75) is 52.2 Å². The van der Waals surface area contributed by atoms with Gasteiger partial charge in [-0.05, 0) is 24.6 Å². The predicted octanol–water partition coefficient (Wildman–Crippen LogP) is 4.53. The Bertz CT molecular complexity index is 221. The number of rotatable bonds is 5. The van der Waals surface area contributed by atoms with Crippen molar-refractivity contribution >= 4 is 8.32 Å². The van der Waals surface area contributed by atoms with E-state index >= 15 is 0 Å². The summed E-state index contributed by atoms with van der Waals surface area (Å²) in [6.07, 6.45) is 9.47. The predicted molar refractivity (Wildman–Crippen MR) is 71.7 cm³/mol. The second-order valence-electron chi connectivity index (χ2n) is 5.34. The maximum absolute atomic E-state index is 5.99. The van der Waals surface area contributed by atoms with E-state index in [4.69, 9.17) is 4.43 Å². The zero-order chi connectivity index (χ0) is 11.9. The van der Waals surface area contributed by atoms with Crippen LogP contribution in [0.4, 0.5) is 0 Å². The Hall–Kier alpha value is -0.343. The van der Waals surface area contributed by atoms with E-state index < -0.39 is 8.32 Å². The zero-order valence-electron chi connectivity index (χ0n) is 11.1. The Labute approximate surface area is 96.4 Å². The second kappa shape index (κ2) is 6.29. The van der Waals surface area contributed by atoms with Gasteiger partial charge < -0.3 is 4.43 Å². The second-order valence-corrected chi connectivity index (χ2v) is 10.1. The summed E-state index contributed by atoms with van der Waals surface area (Å²) in [4.78, 5) is 0. The fourth-order valence-electron chi connectivity index (χ4n) is 0.822. The third-order valence-electron chi connectivity index (χ3n) is 2.97. The molecule has 0 unspecified atom stereocenters. The van der Waals surface area contributed by atoms with E-state index in [2.05, 4.69) is 65.1 Å². The Morgan fingerprint density at radius 2 is 1.60 bits per heavy atom. The van der Waals surface area contributed by atoms with Crippen molar-refractivity contribution in [2.24, 2.45) is 0 Å². The molecular weight excluding hydrogens is 200 g/mol. The molecule has 0 rings (SSSR count). The van der Waals surface area contributed by atoms with Gasteiger partial charge in [0.1, 0.15) is 0 Å². The maximum Gasteiger partial charge on any atom is 0.192 e. The summed E-state index contributed by atoms with van der Waals surface area (Å²) in [5.74, 6) is 0. The van der Waals surface area contributed by atoms with E-state index in [0.29, 0.717) is 5.04 Å². The summed E-state index contributed by atoms with van der Waals surface area (Å²) in [7, 11) is -1.55. The Morgan fingerprint density at radius 3 is 2.07 bits per heavy atom. The molecule has 0 saturated carbocycles. The van der Waals surface area contributed by atoms with Gasteiger partial charge in [0, 0.05) is 0 Å². The minimum atomic E-state index is -1.55. The van der Waals surface area contributed by atoms with Gasteiger partial charge >= 0.3 is 0 Å². The molecule has 0 heterocycles. The highest BCUT2D eigenvalue weighted by Crippen LogP contribution is 2.36. The van der Waals surface area contributed by atoms with Crippen LogP contribution in [0.3, 0.4) is 0 Å². The summed E-state index contributed by atoms with van der Waals surface area (Å²) in [6, 6.07) is 0.